The summed E-state index contributed by atoms with van der Waals surface area (Å²) in [5.74, 6) is -3.83. The number of halogens is 3. The number of hydrogen-bond acceptors (Lipinski definition) is 3. The van der Waals surface area contributed by atoms with Gasteiger partial charge in [-0.2, -0.15) is 5.10 Å². The quantitative estimate of drug-likeness (QED) is 0.907. The molecule has 102 valence electrons. The molecule has 2 rings (SSSR count). The third-order valence-electron chi connectivity index (χ3n) is 2.32. The first kappa shape index (κ1) is 13.4. The van der Waals surface area contributed by atoms with E-state index in [0.29, 0.717) is 12.1 Å². The van der Waals surface area contributed by atoms with Gasteiger partial charge < -0.3 is 0 Å². The Bertz CT molecular complexity index is 704. The van der Waals surface area contributed by atoms with Gasteiger partial charge in [0.25, 0.3) is 10.0 Å². The van der Waals surface area contributed by atoms with Gasteiger partial charge in [0.1, 0.15) is 16.4 Å². The van der Waals surface area contributed by atoms with E-state index in [1.807, 2.05) is 0 Å². The van der Waals surface area contributed by atoms with Crippen LogP contribution in [0.25, 0.3) is 0 Å². The minimum absolute atomic E-state index is 0.204. The first-order valence-corrected chi connectivity index (χ1v) is 6.47. The van der Waals surface area contributed by atoms with Gasteiger partial charge in [0, 0.05) is 12.1 Å². The van der Waals surface area contributed by atoms with Crippen LogP contribution in [0.1, 0.15) is 5.69 Å². The monoisotopic (exact) mass is 291 g/mol. The molecule has 0 atom stereocenters. The van der Waals surface area contributed by atoms with Gasteiger partial charge in [-0.25, -0.2) is 21.6 Å². The Labute approximate surface area is 106 Å². The van der Waals surface area contributed by atoms with Crippen LogP contribution in [0.2, 0.25) is 0 Å². The third kappa shape index (κ3) is 2.55. The van der Waals surface area contributed by atoms with Crippen molar-refractivity contribution in [1.29, 1.82) is 0 Å². The number of hydrogen-bond donors (Lipinski definition) is 2. The molecule has 1 aromatic heterocycles. The molecule has 2 N–H and O–H groups in total. The van der Waals surface area contributed by atoms with E-state index in [1.165, 1.54) is 6.92 Å². The van der Waals surface area contributed by atoms with Gasteiger partial charge >= 0.3 is 0 Å². The molecule has 0 aliphatic heterocycles. The van der Waals surface area contributed by atoms with E-state index in [9.17, 15) is 21.6 Å². The third-order valence-corrected chi connectivity index (χ3v) is 3.78. The number of anilines is 1. The Morgan fingerprint density at radius 2 is 1.79 bits per heavy atom. The molecule has 1 heterocycles. The van der Waals surface area contributed by atoms with E-state index in [-0.39, 0.29) is 10.6 Å². The zero-order valence-corrected chi connectivity index (χ0v) is 10.4. The summed E-state index contributed by atoms with van der Waals surface area (Å²) >= 11 is 0. The predicted molar refractivity (Wildman–Crippen MR) is 60.4 cm³/mol. The summed E-state index contributed by atoms with van der Waals surface area (Å²) in [5.41, 5.74) is -0.738. The molecule has 5 nitrogen and oxygen atoms in total. The molecule has 19 heavy (non-hydrogen) atoms. The Morgan fingerprint density at radius 1 is 1.21 bits per heavy atom. The molecular weight excluding hydrogens is 283 g/mol. The highest BCUT2D eigenvalue weighted by Crippen LogP contribution is 2.24. The zero-order valence-electron chi connectivity index (χ0n) is 9.54. The van der Waals surface area contributed by atoms with Gasteiger partial charge in [-0.05, 0) is 6.92 Å². The Hall–Kier alpha value is -2.03. The average molecular weight is 291 g/mol. The van der Waals surface area contributed by atoms with Crippen LogP contribution < -0.4 is 4.72 Å². The van der Waals surface area contributed by atoms with Gasteiger partial charge in [0.2, 0.25) is 0 Å². The molecule has 0 fully saturated rings. The fourth-order valence-electron chi connectivity index (χ4n) is 1.44. The molecule has 0 bridgehead atoms. The van der Waals surface area contributed by atoms with Crippen molar-refractivity contribution < 1.29 is 21.6 Å². The largest absolute Gasteiger partial charge is 0.281 e. The number of aromatic nitrogens is 2. The maximum Gasteiger partial charge on any atom is 0.265 e. The number of H-pyrrole nitrogens is 1. The van der Waals surface area contributed by atoms with Crippen molar-refractivity contribution >= 4 is 15.7 Å². The summed E-state index contributed by atoms with van der Waals surface area (Å²) in [5, 5.41) is 5.88. The molecule has 2 aromatic rings. The van der Waals surface area contributed by atoms with Crippen molar-refractivity contribution in [2.75, 3.05) is 4.72 Å². The van der Waals surface area contributed by atoms with Crippen LogP contribution in [0.5, 0.6) is 0 Å². The van der Waals surface area contributed by atoms with E-state index in [1.54, 1.807) is 4.72 Å². The van der Waals surface area contributed by atoms with E-state index in [0.717, 1.165) is 6.20 Å². The number of benzene rings is 1. The lowest BCUT2D eigenvalue weighted by Gasteiger charge is -2.09. The summed E-state index contributed by atoms with van der Waals surface area (Å²) in [6.07, 6.45) is 0.997. The van der Waals surface area contributed by atoms with E-state index in [4.69, 9.17) is 0 Å². The molecule has 1 aromatic carbocycles. The second kappa shape index (κ2) is 4.57. The first-order valence-electron chi connectivity index (χ1n) is 4.98. The minimum Gasteiger partial charge on any atom is -0.281 e. The lowest BCUT2D eigenvalue weighted by molar-refractivity contribution is 0.547. The molecule has 0 aliphatic rings. The summed E-state index contributed by atoms with van der Waals surface area (Å²) in [6.45, 7) is 1.43. The van der Waals surface area contributed by atoms with Crippen molar-refractivity contribution in [1.82, 2.24) is 10.2 Å². The Balaban J connectivity index is 2.45. The van der Waals surface area contributed by atoms with Crippen LogP contribution in [0.4, 0.5) is 18.9 Å². The topological polar surface area (TPSA) is 74.8 Å². The van der Waals surface area contributed by atoms with Crippen molar-refractivity contribution in [2.45, 2.75) is 11.8 Å². The Kier molecular flexibility index (Phi) is 3.23. The number of aryl methyl sites for hydroxylation is 1. The van der Waals surface area contributed by atoms with Gasteiger partial charge in [0.15, 0.2) is 11.6 Å². The van der Waals surface area contributed by atoms with Gasteiger partial charge in [-0.1, -0.05) is 0 Å². The van der Waals surface area contributed by atoms with Crippen LogP contribution >= 0.6 is 0 Å². The zero-order chi connectivity index (χ0) is 14.2. The number of rotatable bonds is 3. The Morgan fingerprint density at radius 3 is 2.26 bits per heavy atom. The number of nitrogens with one attached hydrogen (secondary N) is 2. The molecule has 0 saturated carbocycles. The summed E-state index contributed by atoms with van der Waals surface area (Å²) in [6, 6.07) is 0.756. The number of nitrogens with zero attached hydrogens (tertiary/aromatic N) is 1. The fourth-order valence-corrected chi connectivity index (χ4v) is 2.65. The molecular formula is C10H8F3N3O2S. The van der Waals surface area contributed by atoms with Crippen molar-refractivity contribution in [2.24, 2.45) is 0 Å². The van der Waals surface area contributed by atoms with Crippen LogP contribution in [0.15, 0.2) is 23.2 Å². The van der Waals surface area contributed by atoms with Crippen LogP contribution in [-0.4, -0.2) is 18.6 Å². The van der Waals surface area contributed by atoms with Gasteiger partial charge in [-0.3, -0.25) is 9.82 Å². The summed E-state index contributed by atoms with van der Waals surface area (Å²) in [4.78, 5) is -0.254. The maximum absolute atomic E-state index is 13.4. The van der Waals surface area contributed by atoms with Gasteiger partial charge in [-0.15, -0.1) is 0 Å². The highest BCUT2D eigenvalue weighted by molar-refractivity contribution is 7.92. The van der Waals surface area contributed by atoms with E-state index >= 15 is 0 Å². The summed E-state index contributed by atoms with van der Waals surface area (Å²) in [7, 11) is -4.20. The smallest absolute Gasteiger partial charge is 0.265 e. The first-order chi connectivity index (χ1) is 8.81. The SMILES string of the molecule is Cc1[nH]ncc1S(=O)(=O)Nc1c(F)cc(F)cc1F. The van der Waals surface area contributed by atoms with E-state index in [2.05, 4.69) is 10.2 Å². The maximum atomic E-state index is 13.4. The normalized spacial score (nSPS) is 11.6. The van der Waals surface area contributed by atoms with Crippen LogP contribution in [0, 0.1) is 24.4 Å². The lowest BCUT2D eigenvalue weighted by atomic mass is 10.3. The van der Waals surface area contributed by atoms with Crippen LogP contribution in [0.3, 0.4) is 0 Å². The highest BCUT2D eigenvalue weighted by Gasteiger charge is 2.22. The molecule has 0 amide bonds. The summed E-state index contributed by atoms with van der Waals surface area (Å²) < 4.78 is 64.9. The molecule has 0 radical (unpaired) electrons. The minimum atomic E-state index is -4.20. The molecule has 0 aliphatic carbocycles. The molecule has 0 saturated heterocycles. The second-order valence-electron chi connectivity index (χ2n) is 3.71. The molecule has 9 heteroatoms. The standard InChI is InChI=1S/C10H8F3N3O2S/c1-5-9(4-14-15-5)19(17,18)16-10-7(12)2-6(11)3-8(10)13/h2-4,16H,1H3,(H,14,15). The predicted octanol–water partition coefficient (Wildman–Crippen LogP) is 1.94. The average Bonchev–Trinajstić information content (AvgIpc) is 2.70. The van der Waals surface area contributed by atoms with E-state index < -0.39 is 33.2 Å². The van der Waals surface area contributed by atoms with Crippen molar-refractivity contribution in [3.8, 4) is 0 Å². The second-order valence-corrected chi connectivity index (χ2v) is 5.36. The lowest BCUT2D eigenvalue weighted by Crippen LogP contribution is -2.15. The fraction of sp³-hybridized carbons (Fsp3) is 0.100. The van der Waals surface area contributed by atoms with Gasteiger partial charge in [0.05, 0.1) is 11.9 Å². The van der Waals surface area contributed by atoms with Crippen molar-refractivity contribution in [3.63, 3.8) is 0 Å². The van der Waals surface area contributed by atoms with Crippen molar-refractivity contribution in [3.05, 3.63) is 41.5 Å². The molecule has 0 unspecified atom stereocenters. The molecule has 0 spiro atoms. The highest BCUT2D eigenvalue weighted by atomic mass is 32.2. The number of sulfonamides is 1. The van der Waals surface area contributed by atoms with Crippen LogP contribution in [-0.2, 0) is 10.0 Å². The number of aromatic amines is 1.